The number of rotatable bonds is 2. The van der Waals surface area contributed by atoms with Gasteiger partial charge < -0.3 is 9.64 Å². The molecule has 1 fully saturated rings. The highest BCUT2D eigenvalue weighted by Gasteiger charge is 2.49. The van der Waals surface area contributed by atoms with Gasteiger partial charge in [-0.1, -0.05) is 17.7 Å². The summed E-state index contributed by atoms with van der Waals surface area (Å²) >= 11 is 6.25. The summed E-state index contributed by atoms with van der Waals surface area (Å²) in [6.45, 7) is 12.9. The Balaban J connectivity index is 1.82. The number of carbonyl (C=O) groups is 1. The molecule has 1 spiro atoms. The van der Waals surface area contributed by atoms with Crippen LogP contribution in [-0.2, 0) is 22.1 Å². The molecule has 1 saturated heterocycles. The van der Waals surface area contributed by atoms with Crippen LogP contribution in [-0.4, -0.2) is 38.6 Å². The zero-order chi connectivity index (χ0) is 21.6. The monoisotopic (exact) mass is 440 g/mol. The summed E-state index contributed by atoms with van der Waals surface area (Å²) in [4.78, 5) is 14.3. The quantitative estimate of drug-likeness (QED) is 0.703. The van der Waals surface area contributed by atoms with Gasteiger partial charge in [0.1, 0.15) is 5.60 Å². The maximum Gasteiger partial charge on any atom is 0.410 e. The molecule has 5 nitrogen and oxygen atoms in total. The number of nitrogens with one attached hydrogen (secondary N) is 1. The summed E-state index contributed by atoms with van der Waals surface area (Å²) in [5, 5.41) is 0.725. The molecular formula is C22H33ClN2O3S. The number of ether oxygens (including phenoxy) is 1. The summed E-state index contributed by atoms with van der Waals surface area (Å²) < 4.78 is 21.6. The minimum atomic E-state index is -1.19. The zero-order valence-electron chi connectivity index (χ0n) is 18.3. The van der Waals surface area contributed by atoms with E-state index >= 15 is 0 Å². The number of hydrogen-bond acceptors (Lipinski definition) is 3. The topological polar surface area (TPSA) is 58.6 Å². The first-order valence-electron chi connectivity index (χ1n) is 10.3. The lowest BCUT2D eigenvalue weighted by Crippen LogP contribution is -2.49. The van der Waals surface area contributed by atoms with Crippen LogP contribution in [0, 0.1) is 5.41 Å². The van der Waals surface area contributed by atoms with Crippen LogP contribution in [0.4, 0.5) is 4.79 Å². The van der Waals surface area contributed by atoms with Crippen molar-refractivity contribution in [1.82, 2.24) is 9.62 Å². The van der Waals surface area contributed by atoms with Gasteiger partial charge in [0, 0.05) is 18.1 Å². The smallest absolute Gasteiger partial charge is 0.410 e. The van der Waals surface area contributed by atoms with Gasteiger partial charge in [-0.05, 0) is 89.5 Å². The Morgan fingerprint density at radius 2 is 1.83 bits per heavy atom. The lowest BCUT2D eigenvalue weighted by atomic mass is 9.73. The minimum absolute atomic E-state index is 0.0180. The summed E-state index contributed by atoms with van der Waals surface area (Å²) in [5.74, 6) is 0. The van der Waals surface area contributed by atoms with Gasteiger partial charge in [0.25, 0.3) is 0 Å². The molecule has 162 valence electrons. The van der Waals surface area contributed by atoms with Gasteiger partial charge in [-0.3, -0.25) is 0 Å². The highest BCUT2D eigenvalue weighted by molar-refractivity contribution is 7.84. The highest BCUT2D eigenvalue weighted by atomic mass is 35.5. The van der Waals surface area contributed by atoms with Gasteiger partial charge in [0.05, 0.1) is 21.8 Å². The maximum absolute atomic E-state index is 12.9. The first-order chi connectivity index (χ1) is 13.3. The number of halogens is 1. The van der Waals surface area contributed by atoms with Crippen LogP contribution in [0.25, 0.3) is 0 Å². The van der Waals surface area contributed by atoms with Crippen molar-refractivity contribution in [2.75, 3.05) is 13.1 Å². The molecule has 2 aliphatic rings. The maximum atomic E-state index is 12.9. The third-order valence-electron chi connectivity index (χ3n) is 5.76. The lowest BCUT2D eigenvalue weighted by molar-refractivity contribution is 0.00724. The van der Waals surface area contributed by atoms with E-state index in [2.05, 4.69) is 10.8 Å². The van der Waals surface area contributed by atoms with E-state index in [1.54, 1.807) is 4.90 Å². The van der Waals surface area contributed by atoms with Crippen molar-refractivity contribution in [3.8, 4) is 0 Å². The van der Waals surface area contributed by atoms with Gasteiger partial charge in [0.2, 0.25) is 0 Å². The van der Waals surface area contributed by atoms with Crippen molar-refractivity contribution in [1.29, 1.82) is 0 Å². The Bertz CT molecular complexity index is 805. The molecule has 1 aliphatic heterocycles. The Labute approximate surface area is 182 Å². The molecule has 7 heteroatoms. The number of piperidine rings is 1. The van der Waals surface area contributed by atoms with Crippen LogP contribution in [0.1, 0.15) is 71.6 Å². The van der Waals surface area contributed by atoms with Crippen LogP contribution in [0.15, 0.2) is 18.2 Å². The van der Waals surface area contributed by atoms with Crippen molar-refractivity contribution in [3.05, 3.63) is 34.3 Å². The van der Waals surface area contributed by atoms with E-state index in [0.29, 0.717) is 13.1 Å². The van der Waals surface area contributed by atoms with E-state index in [1.807, 2.05) is 53.7 Å². The summed E-state index contributed by atoms with van der Waals surface area (Å²) in [5.41, 5.74) is 1.82. The van der Waals surface area contributed by atoms with Crippen molar-refractivity contribution >= 4 is 28.7 Å². The molecule has 0 bridgehead atoms. The lowest BCUT2D eigenvalue weighted by Gasteiger charge is -2.44. The average Bonchev–Trinajstić information content (AvgIpc) is 2.85. The van der Waals surface area contributed by atoms with E-state index in [0.717, 1.165) is 24.3 Å². The number of likely N-dealkylation sites (tertiary alicyclic amines) is 1. The first kappa shape index (κ1) is 22.6. The third-order valence-corrected chi connectivity index (χ3v) is 7.56. The number of amides is 1. The Hall–Kier alpha value is -1.11. The fourth-order valence-corrected chi connectivity index (χ4v) is 5.36. The molecule has 1 aromatic rings. The van der Waals surface area contributed by atoms with Gasteiger partial charge >= 0.3 is 6.09 Å². The molecule has 0 radical (unpaired) electrons. The van der Waals surface area contributed by atoms with Gasteiger partial charge in [0.15, 0.2) is 0 Å². The Morgan fingerprint density at radius 1 is 1.21 bits per heavy atom. The van der Waals surface area contributed by atoms with Gasteiger partial charge in [-0.25, -0.2) is 13.7 Å². The third kappa shape index (κ3) is 4.97. The predicted molar refractivity (Wildman–Crippen MR) is 118 cm³/mol. The van der Waals surface area contributed by atoms with Crippen LogP contribution < -0.4 is 4.72 Å². The van der Waals surface area contributed by atoms with Crippen LogP contribution in [0.3, 0.4) is 0 Å². The van der Waals surface area contributed by atoms with Crippen molar-refractivity contribution in [3.63, 3.8) is 0 Å². The number of carbonyl (C=O) groups excluding carboxylic acids is 1. The molecule has 0 aromatic heterocycles. The van der Waals surface area contributed by atoms with E-state index in [1.165, 1.54) is 11.1 Å². The molecule has 1 aliphatic carbocycles. The van der Waals surface area contributed by atoms with Crippen LogP contribution in [0.2, 0.25) is 5.02 Å². The standard InChI is InChI=1S/C22H33ClN2O3S/c1-20(2,3)28-19(26)25-11-9-22(10-12-25)14-15-13-16(23)7-8-17(15)18(22)24-29(27)21(4,5)6/h7-8,13,18,24H,9-12,14H2,1-6H3/t18-,29-/m1/s1. The Morgan fingerprint density at radius 3 is 2.38 bits per heavy atom. The van der Waals surface area contributed by atoms with E-state index < -0.39 is 16.6 Å². The summed E-state index contributed by atoms with van der Waals surface area (Å²) in [7, 11) is -1.19. The number of hydrogen-bond donors (Lipinski definition) is 1. The molecule has 1 amide bonds. The van der Waals surface area contributed by atoms with E-state index in [9.17, 15) is 9.00 Å². The number of fused-ring (bicyclic) bond motifs is 1. The molecule has 3 rings (SSSR count). The molecule has 1 aromatic carbocycles. The fraction of sp³-hybridized carbons (Fsp3) is 0.682. The van der Waals surface area contributed by atoms with Crippen LogP contribution in [0.5, 0.6) is 0 Å². The molecule has 2 atom stereocenters. The number of benzene rings is 1. The molecule has 1 heterocycles. The number of nitrogens with zero attached hydrogens (tertiary/aromatic N) is 1. The molecule has 29 heavy (non-hydrogen) atoms. The summed E-state index contributed by atoms with van der Waals surface area (Å²) in [6, 6.07) is 5.98. The summed E-state index contributed by atoms with van der Waals surface area (Å²) in [6.07, 6.45) is 2.28. The molecule has 1 N–H and O–H groups in total. The fourth-order valence-electron chi connectivity index (χ4n) is 4.22. The van der Waals surface area contributed by atoms with Crippen molar-refractivity contribution in [2.24, 2.45) is 5.41 Å². The zero-order valence-corrected chi connectivity index (χ0v) is 19.9. The van der Waals surface area contributed by atoms with E-state index in [-0.39, 0.29) is 22.3 Å². The van der Waals surface area contributed by atoms with Crippen molar-refractivity contribution in [2.45, 2.75) is 77.2 Å². The predicted octanol–water partition coefficient (Wildman–Crippen LogP) is 5.01. The SMILES string of the molecule is CC(C)(C)OC(=O)N1CCC2(CC1)Cc1cc(Cl)ccc1[C@H]2N[S@](=O)C(C)(C)C. The van der Waals surface area contributed by atoms with Crippen LogP contribution >= 0.6 is 11.6 Å². The van der Waals surface area contributed by atoms with Gasteiger partial charge in [-0.2, -0.15) is 0 Å². The Kier molecular flexibility index (Phi) is 6.12. The molecular weight excluding hydrogens is 408 g/mol. The highest BCUT2D eigenvalue weighted by Crippen LogP contribution is 2.52. The molecule has 0 saturated carbocycles. The minimum Gasteiger partial charge on any atom is -0.444 e. The van der Waals surface area contributed by atoms with Gasteiger partial charge in [-0.15, -0.1) is 0 Å². The largest absolute Gasteiger partial charge is 0.444 e. The average molecular weight is 441 g/mol. The van der Waals surface area contributed by atoms with E-state index in [4.69, 9.17) is 16.3 Å². The second kappa shape index (κ2) is 7.86. The second-order valence-electron chi connectivity index (χ2n) is 10.3. The molecule has 0 unspecified atom stereocenters. The normalized spacial score (nSPS) is 22.4. The van der Waals surface area contributed by atoms with Crippen molar-refractivity contribution < 1.29 is 13.7 Å². The first-order valence-corrected chi connectivity index (χ1v) is 11.8. The second-order valence-corrected chi connectivity index (χ2v) is 12.7.